The van der Waals surface area contributed by atoms with E-state index in [4.69, 9.17) is 0 Å². The van der Waals surface area contributed by atoms with Crippen LogP contribution in [0.5, 0.6) is 0 Å². The van der Waals surface area contributed by atoms with Gasteiger partial charge in [0.05, 0.1) is 5.41 Å². The lowest BCUT2D eigenvalue weighted by molar-refractivity contribution is -0.153. The lowest BCUT2D eigenvalue weighted by Crippen LogP contribution is -2.62. The molecule has 3 aliphatic rings. The normalized spacial score (nSPS) is 32.9. The van der Waals surface area contributed by atoms with Crippen LogP contribution in [-0.4, -0.2) is 47.9 Å². The lowest BCUT2D eigenvalue weighted by Gasteiger charge is -2.51. The predicted molar refractivity (Wildman–Crippen MR) is 81.4 cm³/mol. The molecule has 1 amide bonds. The van der Waals surface area contributed by atoms with E-state index >= 15 is 0 Å². The molecule has 3 rings (SSSR count). The molecule has 0 aromatic heterocycles. The fraction of sp³-hybridized carbons (Fsp3) is 0.824. The van der Waals surface area contributed by atoms with Gasteiger partial charge in [-0.3, -0.25) is 4.79 Å². The van der Waals surface area contributed by atoms with Crippen molar-refractivity contribution in [1.82, 2.24) is 9.80 Å². The number of hydrogen-bond donors (Lipinski definition) is 0. The Kier molecular flexibility index (Phi) is 3.44. The van der Waals surface area contributed by atoms with Crippen molar-refractivity contribution in [3.05, 3.63) is 12.2 Å². The second-order valence-electron chi connectivity index (χ2n) is 7.75. The first kappa shape index (κ1) is 14.1. The van der Waals surface area contributed by atoms with Gasteiger partial charge >= 0.3 is 0 Å². The summed E-state index contributed by atoms with van der Waals surface area (Å²) in [5.41, 5.74) is 0.285. The molecular weight excluding hydrogens is 248 g/mol. The maximum atomic E-state index is 12.7. The molecule has 1 atom stereocenters. The Bertz CT molecular complexity index is 423. The highest BCUT2D eigenvalue weighted by molar-refractivity contribution is 5.83. The number of likely N-dealkylation sites (tertiary alicyclic amines) is 2. The Balaban J connectivity index is 1.58. The molecule has 2 saturated heterocycles. The van der Waals surface area contributed by atoms with E-state index in [2.05, 4.69) is 42.7 Å². The summed E-state index contributed by atoms with van der Waals surface area (Å²) in [5, 5.41) is 0. The minimum absolute atomic E-state index is 0.132. The lowest BCUT2D eigenvalue weighted by atomic mass is 9.73. The van der Waals surface area contributed by atoms with Crippen molar-refractivity contribution < 1.29 is 4.79 Å². The first-order valence-electron chi connectivity index (χ1n) is 8.13. The average Bonchev–Trinajstić information content (AvgIpc) is 2.82. The van der Waals surface area contributed by atoms with Crippen LogP contribution in [0.3, 0.4) is 0 Å². The maximum Gasteiger partial charge on any atom is 0.228 e. The Morgan fingerprint density at radius 3 is 2.45 bits per heavy atom. The largest absolute Gasteiger partial charge is 0.341 e. The summed E-state index contributed by atoms with van der Waals surface area (Å²) >= 11 is 0. The number of carbonyl (C=O) groups is 1. The van der Waals surface area contributed by atoms with Crippen LogP contribution in [0.2, 0.25) is 0 Å². The Labute approximate surface area is 123 Å². The van der Waals surface area contributed by atoms with E-state index in [-0.39, 0.29) is 5.41 Å². The molecule has 2 aliphatic heterocycles. The van der Waals surface area contributed by atoms with Crippen LogP contribution in [0.1, 0.15) is 46.5 Å². The number of nitrogens with zero attached hydrogens (tertiary/aromatic N) is 2. The molecule has 1 spiro atoms. The molecule has 0 radical (unpaired) electrons. The molecule has 0 N–H and O–H groups in total. The zero-order valence-electron chi connectivity index (χ0n) is 13.2. The smallest absolute Gasteiger partial charge is 0.228 e. The van der Waals surface area contributed by atoms with Gasteiger partial charge in [0.1, 0.15) is 0 Å². The number of amides is 1. The van der Waals surface area contributed by atoms with Gasteiger partial charge in [0.2, 0.25) is 5.91 Å². The third-order valence-electron chi connectivity index (χ3n) is 5.65. The fourth-order valence-corrected chi connectivity index (χ4v) is 4.12. The molecule has 1 aliphatic carbocycles. The van der Waals surface area contributed by atoms with Crippen LogP contribution < -0.4 is 0 Å². The third-order valence-corrected chi connectivity index (χ3v) is 5.65. The van der Waals surface area contributed by atoms with E-state index in [1.54, 1.807) is 0 Å². The number of rotatable bonds is 2. The average molecular weight is 276 g/mol. The van der Waals surface area contributed by atoms with Crippen LogP contribution in [0.4, 0.5) is 0 Å². The molecule has 20 heavy (non-hydrogen) atoms. The molecule has 1 unspecified atom stereocenters. The van der Waals surface area contributed by atoms with Crippen molar-refractivity contribution in [3.8, 4) is 0 Å². The SMILES string of the molecule is CC(C)N1CCC2(CN(C(=O)C3(C)CC=CCC3)C2)C1. The van der Waals surface area contributed by atoms with Crippen molar-refractivity contribution in [2.45, 2.75) is 52.5 Å². The van der Waals surface area contributed by atoms with Crippen molar-refractivity contribution in [2.24, 2.45) is 10.8 Å². The van der Waals surface area contributed by atoms with Crippen molar-refractivity contribution in [1.29, 1.82) is 0 Å². The summed E-state index contributed by atoms with van der Waals surface area (Å²) < 4.78 is 0. The first-order valence-corrected chi connectivity index (χ1v) is 8.13. The molecule has 0 aromatic carbocycles. The molecule has 3 nitrogen and oxygen atoms in total. The highest BCUT2D eigenvalue weighted by Crippen LogP contribution is 2.43. The second-order valence-corrected chi connectivity index (χ2v) is 7.75. The number of hydrogen-bond acceptors (Lipinski definition) is 2. The Hall–Kier alpha value is -0.830. The Morgan fingerprint density at radius 1 is 1.15 bits per heavy atom. The van der Waals surface area contributed by atoms with E-state index in [1.807, 2.05) is 0 Å². The van der Waals surface area contributed by atoms with E-state index in [9.17, 15) is 4.79 Å². The minimum atomic E-state index is -0.132. The quantitative estimate of drug-likeness (QED) is 0.724. The summed E-state index contributed by atoms with van der Waals surface area (Å²) in [7, 11) is 0. The van der Waals surface area contributed by atoms with Gasteiger partial charge in [-0.05, 0) is 46.1 Å². The molecule has 0 saturated carbocycles. The van der Waals surface area contributed by atoms with E-state index in [1.165, 1.54) is 19.5 Å². The molecule has 0 bridgehead atoms. The van der Waals surface area contributed by atoms with Crippen molar-refractivity contribution in [2.75, 3.05) is 26.2 Å². The van der Waals surface area contributed by atoms with Gasteiger partial charge in [-0.2, -0.15) is 0 Å². The van der Waals surface area contributed by atoms with Gasteiger partial charge in [0, 0.05) is 31.1 Å². The molecule has 112 valence electrons. The topological polar surface area (TPSA) is 23.6 Å². The third kappa shape index (κ3) is 2.30. The summed E-state index contributed by atoms with van der Waals surface area (Å²) in [4.78, 5) is 17.4. The minimum Gasteiger partial charge on any atom is -0.341 e. The second kappa shape index (κ2) is 4.87. The van der Waals surface area contributed by atoms with Gasteiger partial charge in [-0.15, -0.1) is 0 Å². The molecular formula is C17H28N2O. The molecule has 2 heterocycles. The molecule has 3 heteroatoms. The van der Waals surface area contributed by atoms with Crippen LogP contribution in [0.25, 0.3) is 0 Å². The fourth-order valence-electron chi connectivity index (χ4n) is 4.12. The van der Waals surface area contributed by atoms with Crippen molar-refractivity contribution in [3.63, 3.8) is 0 Å². The van der Waals surface area contributed by atoms with E-state index < -0.39 is 0 Å². The first-order chi connectivity index (χ1) is 9.44. The Morgan fingerprint density at radius 2 is 1.90 bits per heavy atom. The summed E-state index contributed by atoms with van der Waals surface area (Å²) in [6.45, 7) is 11.1. The highest BCUT2D eigenvalue weighted by Gasteiger charge is 2.52. The highest BCUT2D eigenvalue weighted by atomic mass is 16.2. The summed E-state index contributed by atoms with van der Waals surface area (Å²) in [6, 6.07) is 0.639. The number of carbonyl (C=O) groups excluding carboxylic acids is 1. The van der Waals surface area contributed by atoms with Gasteiger partial charge in [0.15, 0.2) is 0 Å². The van der Waals surface area contributed by atoms with Crippen LogP contribution in [-0.2, 0) is 4.79 Å². The van der Waals surface area contributed by atoms with Crippen LogP contribution in [0, 0.1) is 10.8 Å². The molecule has 2 fully saturated rings. The molecule has 0 aromatic rings. The van der Waals surface area contributed by atoms with Crippen LogP contribution in [0.15, 0.2) is 12.2 Å². The summed E-state index contributed by atoms with van der Waals surface area (Å²) in [5.74, 6) is 0.399. The van der Waals surface area contributed by atoms with Gasteiger partial charge in [-0.25, -0.2) is 0 Å². The zero-order chi connectivity index (χ0) is 14.4. The van der Waals surface area contributed by atoms with Crippen molar-refractivity contribution >= 4 is 5.91 Å². The zero-order valence-corrected chi connectivity index (χ0v) is 13.2. The van der Waals surface area contributed by atoms with E-state index in [0.717, 1.165) is 32.4 Å². The maximum absolute atomic E-state index is 12.7. The van der Waals surface area contributed by atoms with Crippen LogP contribution >= 0.6 is 0 Å². The number of allylic oxidation sites excluding steroid dienone is 2. The van der Waals surface area contributed by atoms with Gasteiger partial charge in [0.25, 0.3) is 0 Å². The monoisotopic (exact) mass is 276 g/mol. The van der Waals surface area contributed by atoms with Gasteiger partial charge < -0.3 is 9.80 Å². The van der Waals surface area contributed by atoms with E-state index in [0.29, 0.717) is 17.4 Å². The standard InChI is InChI=1S/C17H28N2O/c1-14(2)18-10-9-17(11-18)12-19(13-17)15(20)16(3)7-5-4-6-8-16/h4-5,14H,6-13H2,1-3H3. The summed E-state index contributed by atoms with van der Waals surface area (Å²) in [6.07, 6.45) is 8.67. The van der Waals surface area contributed by atoms with Gasteiger partial charge in [-0.1, -0.05) is 19.1 Å². The predicted octanol–water partition coefficient (Wildman–Crippen LogP) is 2.68.